The molecule has 0 fully saturated rings. The number of hydrogen-bond donors (Lipinski definition) is 0. The van der Waals surface area contributed by atoms with Crippen molar-refractivity contribution < 1.29 is 0 Å². The number of allylic oxidation sites excluding steroid dienone is 2. The summed E-state index contributed by atoms with van der Waals surface area (Å²) in [5, 5.41) is 0.896. The van der Waals surface area contributed by atoms with Gasteiger partial charge in [-0.3, -0.25) is 0 Å². The van der Waals surface area contributed by atoms with E-state index < -0.39 is 13.5 Å². The second-order valence-corrected chi connectivity index (χ2v) is 9.40. The zero-order valence-corrected chi connectivity index (χ0v) is 16.9. The van der Waals surface area contributed by atoms with E-state index in [1.807, 2.05) is 0 Å². The van der Waals surface area contributed by atoms with Crippen molar-refractivity contribution in [1.29, 1.82) is 0 Å². The molecule has 0 radical (unpaired) electrons. The minimum atomic E-state index is -1.51. The van der Waals surface area contributed by atoms with Crippen LogP contribution in [0.1, 0.15) is 19.3 Å². The highest BCUT2D eigenvalue weighted by atomic mass is 79.9. The van der Waals surface area contributed by atoms with E-state index in [4.69, 9.17) is 58.0 Å². The summed E-state index contributed by atoms with van der Waals surface area (Å²) in [6.07, 6.45) is 2.40. The van der Waals surface area contributed by atoms with Gasteiger partial charge in [0.05, 0.1) is 0 Å². The molecule has 0 bridgehead atoms. The highest BCUT2D eigenvalue weighted by Gasteiger charge is 2.68. The average Bonchev–Trinajstić information content (AvgIpc) is 2.33. The van der Waals surface area contributed by atoms with E-state index in [0.717, 1.165) is 18.2 Å². The molecular weight excluding hydrogens is 525 g/mol. The lowest BCUT2D eigenvalue weighted by Gasteiger charge is -2.37. The molecule has 100 valence electrons. The van der Waals surface area contributed by atoms with Crippen LogP contribution < -0.4 is 0 Å². The zero-order chi connectivity index (χ0) is 13.5. The van der Waals surface area contributed by atoms with Crippen molar-refractivity contribution in [3.63, 3.8) is 0 Å². The SMILES string of the molecule is ClC1(Cl)C(Br)=C(Br)C(Cl)(CCCCBr)C1(Cl)Cl. The topological polar surface area (TPSA) is 0 Å². The Morgan fingerprint density at radius 3 is 1.76 bits per heavy atom. The normalized spacial score (nSPS) is 31.1. The predicted molar refractivity (Wildman–Crippen MR) is 90.0 cm³/mol. The number of alkyl halides is 6. The minimum Gasteiger partial charge on any atom is -0.110 e. The molecule has 0 saturated carbocycles. The molecule has 0 nitrogen and oxygen atoms in total. The van der Waals surface area contributed by atoms with Gasteiger partial charge in [-0.25, -0.2) is 0 Å². The summed E-state index contributed by atoms with van der Waals surface area (Å²) in [5.74, 6) is 0. The summed E-state index contributed by atoms with van der Waals surface area (Å²) in [6.45, 7) is 0. The lowest BCUT2D eigenvalue weighted by atomic mass is 9.99. The van der Waals surface area contributed by atoms with Crippen LogP contribution in [0.2, 0.25) is 0 Å². The van der Waals surface area contributed by atoms with Gasteiger partial charge in [0.15, 0.2) is 8.67 Å². The molecule has 0 spiro atoms. The first-order valence-corrected chi connectivity index (χ1v) is 9.29. The predicted octanol–water partition coefficient (Wildman–Crippen LogP) is 6.89. The Kier molecular flexibility index (Phi) is 6.42. The van der Waals surface area contributed by atoms with Gasteiger partial charge >= 0.3 is 0 Å². The molecule has 0 aromatic heterocycles. The van der Waals surface area contributed by atoms with E-state index in [0.29, 0.717) is 15.4 Å². The van der Waals surface area contributed by atoms with E-state index in [1.165, 1.54) is 0 Å². The van der Waals surface area contributed by atoms with Crippen LogP contribution in [-0.2, 0) is 0 Å². The van der Waals surface area contributed by atoms with Gasteiger partial charge < -0.3 is 0 Å². The van der Waals surface area contributed by atoms with Crippen molar-refractivity contribution >= 4 is 106 Å². The molecule has 0 amide bonds. The molecule has 17 heavy (non-hydrogen) atoms. The van der Waals surface area contributed by atoms with Gasteiger partial charge in [-0.05, 0) is 12.8 Å². The molecule has 0 heterocycles. The maximum atomic E-state index is 6.55. The second kappa shape index (κ2) is 6.17. The largest absolute Gasteiger partial charge is 0.185 e. The van der Waals surface area contributed by atoms with Crippen LogP contribution in [0.25, 0.3) is 0 Å². The molecule has 0 aromatic rings. The first kappa shape index (κ1) is 17.7. The number of halogens is 8. The molecule has 0 saturated heterocycles. The maximum absolute atomic E-state index is 6.55. The van der Waals surface area contributed by atoms with Crippen molar-refractivity contribution in [3.05, 3.63) is 8.96 Å². The molecule has 0 aliphatic heterocycles. The summed E-state index contributed by atoms with van der Waals surface area (Å²) in [5.41, 5.74) is 0. The molecular formula is C9H8Br3Cl5. The van der Waals surface area contributed by atoms with Crippen LogP contribution in [-0.4, -0.2) is 18.9 Å². The van der Waals surface area contributed by atoms with Crippen LogP contribution in [0, 0.1) is 0 Å². The van der Waals surface area contributed by atoms with E-state index in [9.17, 15) is 0 Å². The molecule has 1 atom stereocenters. The van der Waals surface area contributed by atoms with E-state index in [2.05, 4.69) is 47.8 Å². The maximum Gasteiger partial charge on any atom is 0.185 e. The lowest BCUT2D eigenvalue weighted by Crippen LogP contribution is -2.47. The number of hydrogen-bond acceptors (Lipinski definition) is 0. The summed E-state index contributed by atoms with van der Waals surface area (Å²) >= 11 is 41.5. The Bertz CT molecular complexity index is 342. The smallest absolute Gasteiger partial charge is 0.110 e. The molecule has 0 N–H and O–H groups in total. The highest BCUT2D eigenvalue weighted by Crippen LogP contribution is 2.68. The van der Waals surface area contributed by atoms with Gasteiger partial charge in [-0.1, -0.05) is 101 Å². The van der Waals surface area contributed by atoms with Gasteiger partial charge in [-0.2, -0.15) is 0 Å². The fourth-order valence-electron chi connectivity index (χ4n) is 1.57. The number of rotatable bonds is 4. The van der Waals surface area contributed by atoms with Crippen LogP contribution >= 0.6 is 106 Å². The summed E-state index contributed by atoms with van der Waals surface area (Å²) in [7, 11) is 0. The van der Waals surface area contributed by atoms with Crippen molar-refractivity contribution in [2.45, 2.75) is 32.8 Å². The molecule has 1 rings (SSSR count). The van der Waals surface area contributed by atoms with Crippen LogP contribution in [0.3, 0.4) is 0 Å². The minimum absolute atomic E-state index is 0.479. The lowest BCUT2D eigenvalue weighted by molar-refractivity contribution is 0.541. The Labute approximate surface area is 151 Å². The first-order valence-electron chi connectivity index (χ1n) is 4.69. The Morgan fingerprint density at radius 2 is 1.41 bits per heavy atom. The Balaban J connectivity index is 3.07. The van der Waals surface area contributed by atoms with Gasteiger partial charge in [0.25, 0.3) is 0 Å². The molecule has 1 aliphatic rings. The third-order valence-electron chi connectivity index (χ3n) is 2.61. The third kappa shape index (κ3) is 2.84. The fourth-order valence-corrected chi connectivity index (χ4v) is 5.74. The Morgan fingerprint density at radius 1 is 0.882 bits per heavy atom. The van der Waals surface area contributed by atoms with Crippen molar-refractivity contribution in [3.8, 4) is 0 Å². The van der Waals surface area contributed by atoms with E-state index in [1.54, 1.807) is 0 Å². The second-order valence-electron chi connectivity index (χ2n) is 3.72. The summed E-state index contributed by atoms with van der Waals surface area (Å²) in [6, 6.07) is 0. The summed E-state index contributed by atoms with van der Waals surface area (Å²) in [4.78, 5) is -1.03. The van der Waals surface area contributed by atoms with Gasteiger partial charge in [0.1, 0.15) is 4.87 Å². The van der Waals surface area contributed by atoms with Gasteiger partial charge in [0.2, 0.25) is 0 Å². The molecule has 1 unspecified atom stereocenters. The van der Waals surface area contributed by atoms with Crippen LogP contribution in [0.5, 0.6) is 0 Å². The number of unbranched alkanes of at least 4 members (excludes halogenated alkanes) is 1. The summed E-state index contributed by atoms with van der Waals surface area (Å²) < 4.78 is -1.89. The Hall–Kier alpha value is 2.63. The zero-order valence-electron chi connectivity index (χ0n) is 8.35. The van der Waals surface area contributed by atoms with Gasteiger partial charge in [0, 0.05) is 14.3 Å². The standard InChI is InChI=1S/C9H8Br3Cl5/c10-4-2-1-3-7(13)5(11)6(12)8(14,15)9(7,16)17/h1-4H2. The monoisotopic (exact) mass is 528 g/mol. The molecule has 0 aromatic carbocycles. The highest BCUT2D eigenvalue weighted by molar-refractivity contribution is 9.14. The van der Waals surface area contributed by atoms with Crippen molar-refractivity contribution in [2.75, 3.05) is 5.33 Å². The van der Waals surface area contributed by atoms with Crippen molar-refractivity contribution in [1.82, 2.24) is 0 Å². The van der Waals surface area contributed by atoms with Crippen LogP contribution in [0.4, 0.5) is 0 Å². The van der Waals surface area contributed by atoms with E-state index in [-0.39, 0.29) is 0 Å². The van der Waals surface area contributed by atoms with Crippen molar-refractivity contribution in [2.24, 2.45) is 0 Å². The molecule has 8 heteroatoms. The van der Waals surface area contributed by atoms with Gasteiger partial charge in [-0.15, -0.1) is 11.6 Å². The fraction of sp³-hybridized carbons (Fsp3) is 0.778. The van der Waals surface area contributed by atoms with Crippen LogP contribution in [0.15, 0.2) is 8.96 Å². The van der Waals surface area contributed by atoms with E-state index >= 15 is 0 Å². The third-order valence-corrected chi connectivity index (χ3v) is 9.85. The molecule has 1 aliphatic carbocycles. The quantitative estimate of drug-likeness (QED) is 0.273. The average molecular weight is 533 g/mol. The first-order chi connectivity index (χ1) is 7.63.